The Morgan fingerprint density at radius 3 is 2.50 bits per heavy atom. The maximum atomic E-state index is 13.0. The molecule has 1 saturated heterocycles. The fourth-order valence-electron chi connectivity index (χ4n) is 2.88. The molecule has 1 aliphatic rings. The van der Waals surface area contributed by atoms with Gasteiger partial charge in [0.2, 0.25) is 6.10 Å². The average molecular weight is 356 g/mol. The van der Waals surface area contributed by atoms with Gasteiger partial charge in [-0.15, -0.1) is 0 Å². The van der Waals surface area contributed by atoms with Crippen LogP contribution in [0.1, 0.15) is 17.2 Å². The predicted octanol–water partition coefficient (Wildman–Crippen LogP) is 2.88. The molecule has 0 bridgehead atoms. The van der Waals surface area contributed by atoms with Crippen molar-refractivity contribution in [3.05, 3.63) is 69.8 Å². The molecule has 7 nitrogen and oxygen atoms in total. The standard InChI is InChI=1S/C19H20N2O5/c1-14-13-16(7-8-17(14)21(23)24)26-18(15-5-3-2-4-6-15)19(22)20-9-11-25-12-10-20/h2-8,13,18H,9-12H2,1H3/t18-/m0/s1. The van der Waals surface area contributed by atoms with Gasteiger partial charge in [0.05, 0.1) is 18.1 Å². The number of morpholine rings is 1. The summed E-state index contributed by atoms with van der Waals surface area (Å²) in [5.41, 5.74) is 1.24. The zero-order valence-electron chi connectivity index (χ0n) is 14.5. The topological polar surface area (TPSA) is 81.9 Å². The van der Waals surface area contributed by atoms with Crippen LogP contribution in [0.4, 0.5) is 5.69 Å². The lowest BCUT2D eigenvalue weighted by molar-refractivity contribution is -0.385. The SMILES string of the molecule is Cc1cc(O[C@H](C(=O)N2CCOCC2)c2ccccc2)ccc1[N+](=O)[O-]. The zero-order chi connectivity index (χ0) is 18.5. The molecule has 0 aromatic heterocycles. The predicted molar refractivity (Wildman–Crippen MR) is 95.0 cm³/mol. The highest BCUT2D eigenvalue weighted by atomic mass is 16.6. The van der Waals surface area contributed by atoms with Crippen molar-refractivity contribution in [2.75, 3.05) is 26.3 Å². The highest BCUT2D eigenvalue weighted by Crippen LogP contribution is 2.28. The van der Waals surface area contributed by atoms with Gasteiger partial charge in [0.15, 0.2) is 0 Å². The lowest BCUT2D eigenvalue weighted by Gasteiger charge is -2.30. The first-order chi connectivity index (χ1) is 12.6. The molecular weight excluding hydrogens is 336 g/mol. The van der Waals surface area contributed by atoms with Gasteiger partial charge in [0, 0.05) is 30.3 Å². The van der Waals surface area contributed by atoms with E-state index in [-0.39, 0.29) is 11.6 Å². The van der Waals surface area contributed by atoms with Crippen LogP contribution >= 0.6 is 0 Å². The van der Waals surface area contributed by atoms with Crippen molar-refractivity contribution < 1.29 is 19.2 Å². The van der Waals surface area contributed by atoms with Gasteiger partial charge in [0.1, 0.15) is 5.75 Å². The Morgan fingerprint density at radius 2 is 1.88 bits per heavy atom. The van der Waals surface area contributed by atoms with Crippen LogP contribution in [-0.4, -0.2) is 42.0 Å². The summed E-state index contributed by atoms with van der Waals surface area (Å²) in [5, 5.41) is 11.0. The Kier molecular flexibility index (Phi) is 5.48. The Balaban J connectivity index is 1.87. The summed E-state index contributed by atoms with van der Waals surface area (Å²) in [5.74, 6) is 0.277. The molecule has 1 atom stereocenters. The van der Waals surface area contributed by atoms with Gasteiger partial charge >= 0.3 is 0 Å². The number of aryl methyl sites for hydroxylation is 1. The minimum absolute atomic E-state index is 0.0214. The van der Waals surface area contributed by atoms with E-state index in [4.69, 9.17) is 9.47 Å². The highest BCUT2D eigenvalue weighted by molar-refractivity contribution is 5.82. The second-order valence-corrected chi connectivity index (χ2v) is 6.05. The van der Waals surface area contributed by atoms with Crippen LogP contribution in [0.15, 0.2) is 48.5 Å². The molecule has 1 aliphatic heterocycles. The number of nitro benzene ring substituents is 1. The fraction of sp³-hybridized carbons (Fsp3) is 0.316. The third-order valence-electron chi connectivity index (χ3n) is 4.27. The monoisotopic (exact) mass is 356 g/mol. The van der Waals surface area contributed by atoms with E-state index in [9.17, 15) is 14.9 Å². The average Bonchev–Trinajstić information content (AvgIpc) is 2.67. The van der Waals surface area contributed by atoms with E-state index in [1.54, 1.807) is 17.9 Å². The second-order valence-electron chi connectivity index (χ2n) is 6.05. The highest BCUT2D eigenvalue weighted by Gasteiger charge is 2.29. The number of hydrogen-bond donors (Lipinski definition) is 0. The summed E-state index contributed by atoms with van der Waals surface area (Å²) in [6, 6.07) is 13.7. The molecule has 3 rings (SSSR count). The van der Waals surface area contributed by atoms with E-state index in [0.717, 1.165) is 5.56 Å². The van der Waals surface area contributed by atoms with Crippen molar-refractivity contribution in [2.45, 2.75) is 13.0 Å². The van der Waals surface area contributed by atoms with Crippen LogP contribution in [-0.2, 0) is 9.53 Å². The number of carbonyl (C=O) groups is 1. The summed E-state index contributed by atoms with van der Waals surface area (Å²) in [6.45, 7) is 3.69. The number of nitro groups is 1. The maximum absolute atomic E-state index is 13.0. The van der Waals surface area contributed by atoms with Crippen molar-refractivity contribution in [3.8, 4) is 5.75 Å². The lowest BCUT2D eigenvalue weighted by Crippen LogP contribution is -2.44. The Labute approximate surface area is 151 Å². The zero-order valence-corrected chi connectivity index (χ0v) is 14.5. The molecule has 7 heteroatoms. The van der Waals surface area contributed by atoms with Gasteiger partial charge in [-0.05, 0) is 19.1 Å². The molecule has 136 valence electrons. The Hall–Kier alpha value is -2.93. The minimum atomic E-state index is -0.810. The van der Waals surface area contributed by atoms with Gasteiger partial charge in [-0.25, -0.2) is 0 Å². The van der Waals surface area contributed by atoms with Crippen molar-refractivity contribution in [2.24, 2.45) is 0 Å². The molecule has 1 fully saturated rings. The van der Waals surface area contributed by atoms with Crippen molar-refractivity contribution in [1.29, 1.82) is 0 Å². The molecule has 0 unspecified atom stereocenters. The molecule has 0 spiro atoms. The quantitative estimate of drug-likeness (QED) is 0.608. The molecule has 2 aromatic rings. The third-order valence-corrected chi connectivity index (χ3v) is 4.27. The molecule has 1 heterocycles. The molecule has 26 heavy (non-hydrogen) atoms. The number of rotatable bonds is 5. The lowest BCUT2D eigenvalue weighted by atomic mass is 10.1. The molecule has 2 aromatic carbocycles. The van der Waals surface area contributed by atoms with Gasteiger partial charge in [-0.3, -0.25) is 14.9 Å². The molecule has 0 N–H and O–H groups in total. The van der Waals surface area contributed by atoms with Crippen LogP contribution in [0.25, 0.3) is 0 Å². The van der Waals surface area contributed by atoms with Gasteiger partial charge in [0.25, 0.3) is 11.6 Å². The number of hydrogen-bond acceptors (Lipinski definition) is 5. The number of benzene rings is 2. The second kappa shape index (κ2) is 7.97. The smallest absolute Gasteiger partial charge is 0.272 e. The van der Waals surface area contributed by atoms with E-state index >= 15 is 0 Å². The van der Waals surface area contributed by atoms with Gasteiger partial charge in [-0.1, -0.05) is 30.3 Å². The van der Waals surface area contributed by atoms with Crippen LogP contribution < -0.4 is 4.74 Å². The summed E-state index contributed by atoms with van der Waals surface area (Å²) in [7, 11) is 0. The van der Waals surface area contributed by atoms with E-state index in [0.29, 0.717) is 37.6 Å². The van der Waals surface area contributed by atoms with Crippen molar-refractivity contribution in [1.82, 2.24) is 4.90 Å². The largest absolute Gasteiger partial charge is 0.476 e. The van der Waals surface area contributed by atoms with E-state index in [1.807, 2.05) is 30.3 Å². The normalized spacial score (nSPS) is 15.3. The number of nitrogens with zero attached hydrogens (tertiary/aromatic N) is 2. The summed E-state index contributed by atoms with van der Waals surface area (Å²) >= 11 is 0. The molecule has 1 amide bonds. The Bertz CT molecular complexity index is 788. The number of amides is 1. The first-order valence-electron chi connectivity index (χ1n) is 8.39. The number of ether oxygens (including phenoxy) is 2. The minimum Gasteiger partial charge on any atom is -0.476 e. The van der Waals surface area contributed by atoms with E-state index < -0.39 is 11.0 Å². The van der Waals surface area contributed by atoms with Crippen LogP contribution in [0.3, 0.4) is 0 Å². The summed E-state index contributed by atoms with van der Waals surface area (Å²) in [4.78, 5) is 25.3. The van der Waals surface area contributed by atoms with Crippen molar-refractivity contribution in [3.63, 3.8) is 0 Å². The molecular formula is C19H20N2O5. The van der Waals surface area contributed by atoms with E-state index in [2.05, 4.69) is 0 Å². The van der Waals surface area contributed by atoms with Gasteiger partial charge < -0.3 is 14.4 Å². The van der Waals surface area contributed by atoms with Crippen molar-refractivity contribution >= 4 is 11.6 Å². The molecule has 0 radical (unpaired) electrons. The van der Waals surface area contributed by atoms with E-state index in [1.165, 1.54) is 12.1 Å². The number of carbonyl (C=O) groups excluding carboxylic acids is 1. The summed E-state index contributed by atoms with van der Waals surface area (Å²) < 4.78 is 11.3. The first-order valence-corrected chi connectivity index (χ1v) is 8.39. The third kappa shape index (κ3) is 4.00. The molecule has 0 saturated carbocycles. The van der Waals surface area contributed by atoms with Crippen LogP contribution in [0.5, 0.6) is 5.75 Å². The van der Waals surface area contributed by atoms with Crippen LogP contribution in [0.2, 0.25) is 0 Å². The first kappa shape index (κ1) is 17.9. The fourth-order valence-corrected chi connectivity index (χ4v) is 2.88. The summed E-state index contributed by atoms with van der Waals surface area (Å²) in [6.07, 6.45) is -0.810. The molecule has 0 aliphatic carbocycles. The van der Waals surface area contributed by atoms with Gasteiger partial charge in [-0.2, -0.15) is 0 Å². The van der Waals surface area contributed by atoms with Crippen LogP contribution in [0, 0.1) is 17.0 Å². The Morgan fingerprint density at radius 1 is 1.19 bits per heavy atom. The maximum Gasteiger partial charge on any atom is 0.272 e.